The van der Waals surface area contributed by atoms with Crippen molar-refractivity contribution in [3.63, 3.8) is 0 Å². The summed E-state index contributed by atoms with van der Waals surface area (Å²) in [6.07, 6.45) is 2.38. The van der Waals surface area contributed by atoms with Gasteiger partial charge in [0.05, 0.1) is 25.3 Å². The van der Waals surface area contributed by atoms with Crippen LogP contribution < -0.4 is 24.6 Å². The van der Waals surface area contributed by atoms with Gasteiger partial charge in [0.1, 0.15) is 13.2 Å². The van der Waals surface area contributed by atoms with Gasteiger partial charge in [-0.1, -0.05) is 85.9 Å². The van der Waals surface area contributed by atoms with Crippen molar-refractivity contribution in [2.45, 2.75) is 104 Å². The summed E-state index contributed by atoms with van der Waals surface area (Å²) < 4.78 is 36.0. The third-order valence-corrected chi connectivity index (χ3v) is 18.0. The number of alkyl carbamates (subject to hydrolysis) is 1. The molecular weight excluding hydrogens is 705 g/mol. The summed E-state index contributed by atoms with van der Waals surface area (Å²) in [6.45, 7) is 31.3. The van der Waals surface area contributed by atoms with E-state index < -0.39 is 36.2 Å². The summed E-state index contributed by atoms with van der Waals surface area (Å²) in [4.78, 5) is 29.9. The van der Waals surface area contributed by atoms with Crippen LogP contribution in [0.25, 0.3) is 0 Å². The van der Waals surface area contributed by atoms with Crippen LogP contribution in [-0.2, 0) is 21.8 Å². The van der Waals surface area contributed by atoms with Crippen LogP contribution >= 0.6 is 11.8 Å². The predicted octanol–water partition coefficient (Wildman–Crippen LogP) is 7.41. The van der Waals surface area contributed by atoms with Gasteiger partial charge < -0.3 is 38.6 Å². The molecule has 0 spiro atoms. The smallest absolute Gasteiger partial charge is 0.407 e. The molecule has 3 N–H and O–H groups in total. The fourth-order valence-corrected chi connectivity index (χ4v) is 9.39. The highest BCUT2D eigenvalue weighted by Gasteiger charge is 2.39. The topological polar surface area (TPSA) is 157 Å². The standard InChI is InChI=1S/C36H60N4O8SSi2/c1-15-17-44-33(41)28-24(7)29(43-12)31(48-51(14)36(10,11)23(5)6)30(47-50(13)35(8,9)22(3)4)25(28)20-49-21-26(37)32-39-27(40-46-32)19-38-34(42)45-18-16-2/h15-16,22-23,26,50-51H,1-2,17-21,37H2,3-14H3,(H,38,42). The zero-order chi connectivity index (χ0) is 38.7. The minimum Gasteiger partial charge on any atom is -0.543 e. The molecular formula is C36H60N4O8SSi2. The van der Waals surface area contributed by atoms with Gasteiger partial charge in [-0.05, 0) is 41.9 Å². The van der Waals surface area contributed by atoms with Gasteiger partial charge in [-0.3, -0.25) is 0 Å². The first-order valence-corrected chi connectivity index (χ1v) is 22.9. The Balaban J connectivity index is 2.63. The summed E-state index contributed by atoms with van der Waals surface area (Å²) in [5.74, 6) is 2.91. The number of carbonyl (C=O) groups is 2. The molecule has 51 heavy (non-hydrogen) atoms. The first kappa shape index (κ1) is 43.9. The maximum Gasteiger partial charge on any atom is 0.407 e. The number of nitrogens with one attached hydrogen (secondary N) is 1. The van der Waals surface area contributed by atoms with Gasteiger partial charge >= 0.3 is 12.1 Å². The summed E-state index contributed by atoms with van der Waals surface area (Å²) in [5, 5.41) is 6.32. The second-order valence-electron chi connectivity index (χ2n) is 14.4. The van der Waals surface area contributed by atoms with Crippen LogP contribution in [0, 0.1) is 18.8 Å². The van der Waals surface area contributed by atoms with E-state index in [0.29, 0.717) is 57.3 Å². The van der Waals surface area contributed by atoms with E-state index in [1.807, 2.05) is 6.92 Å². The molecule has 1 aromatic carbocycles. The molecule has 0 radical (unpaired) electrons. The molecule has 1 heterocycles. The number of aromatic nitrogens is 2. The van der Waals surface area contributed by atoms with Gasteiger partial charge in [0, 0.05) is 22.6 Å². The maximum atomic E-state index is 13.8. The van der Waals surface area contributed by atoms with Crippen molar-refractivity contribution in [3.8, 4) is 17.2 Å². The number of methoxy groups -OCH3 is 1. The lowest BCUT2D eigenvalue weighted by Gasteiger charge is -2.38. The Kier molecular flexibility index (Phi) is 16.8. The number of benzene rings is 1. The van der Waals surface area contributed by atoms with E-state index in [9.17, 15) is 9.59 Å². The number of nitrogens with zero attached hydrogens (tertiary/aromatic N) is 2. The minimum absolute atomic E-state index is 0.00820. The van der Waals surface area contributed by atoms with E-state index in [0.717, 1.165) is 0 Å². The van der Waals surface area contributed by atoms with Crippen molar-refractivity contribution in [3.05, 3.63) is 53.7 Å². The lowest BCUT2D eigenvalue weighted by molar-refractivity contribution is 0.0547. The molecule has 286 valence electrons. The van der Waals surface area contributed by atoms with E-state index in [4.69, 9.17) is 33.3 Å². The number of hydrogen-bond donors (Lipinski definition) is 2. The van der Waals surface area contributed by atoms with Gasteiger partial charge in [0.15, 0.2) is 23.1 Å². The van der Waals surface area contributed by atoms with Crippen molar-refractivity contribution in [2.75, 3.05) is 26.1 Å². The van der Waals surface area contributed by atoms with E-state index >= 15 is 0 Å². The molecule has 0 fully saturated rings. The van der Waals surface area contributed by atoms with E-state index in [-0.39, 0.29) is 41.6 Å². The Morgan fingerprint density at radius 1 is 0.961 bits per heavy atom. The second-order valence-corrected chi connectivity index (χ2v) is 21.5. The van der Waals surface area contributed by atoms with Crippen molar-refractivity contribution < 1.29 is 37.2 Å². The molecule has 2 rings (SSSR count). The third-order valence-electron chi connectivity index (χ3n) is 10.2. The molecule has 1 aromatic heterocycles. The average molecular weight is 765 g/mol. The van der Waals surface area contributed by atoms with Gasteiger partial charge in [-0.15, -0.1) is 0 Å². The molecule has 1 amide bonds. The van der Waals surface area contributed by atoms with Gasteiger partial charge in [0.25, 0.3) is 0 Å². The highest BCUT2D eigenvalue weighted by molar-refractivity contribution is 7.98. The lowest BCUT2D eigenvalue weighted by Crippen LogP contribution is -2.37. The number of amides is 1. The highest BCUT2D eigenvalue weighted by atomic mass is 32.2. The van der Waals surface area contributed by atoms with Crippen LogP contribution in [-0.4, -0.2) is 66.4 Å². The summed E-state index contributed by atoms with van der Waals surface area (Å²) in [6, 6.07) is -0.632. The fourth-order valence-electron chi connectivity index (χ4n) is 4.74. The number of hydrogen-bond acceptors (Lipinski definition) is 12. The van der Waals surface area contributed by atoms with Crippen LogP contribution in [0.4, 0.5) is 4.79 Å². The first-order valence-electron chi connectivity index (χ1n) is 17.4. The molecule has 0 aliphatic heterocycles. The zero-order valence-corrected chi connectivity index (χ0v) is 35.8. The summed E-state index contributed by atoms with van der Waals surface area (Å²) in [7, 11) is -2.36. The summed E-state index contributed by atoms with van der Waals surface area (Å²) >= 11 is 1.49. The third kappa shape index (κ3) is 11.4. The maximum absolute atomic E-state index is 13.8. The van der Waals surface area contributed by atoms with E-state index in [1.54, 1.807) is 7.11 Å². The zero-order valence-electron chi connectivity index (χ0n) is 32.6. The van der Waals surface area contributed by atoms with Crippen LogP contribution in [0.2, 0.25) is 23.2 Å². The number of esters is 1. The highest BCUT2D eigenvalue weighted by Crippen LogP contribution is 2.51. The monoisotopic (exact) mass is 764 g/mol. The number of rotatable bonds is 21. The number of nitrogens with two attached hydrogens (primary N) is 1. The SMILES string of the molecule is C=CCOC(=O)NCc1noc(C(N)CSCc2c(O[SiH](C)C(C)(C)C(C)C)c(O[SiH](C)C(C)(C)C(C)C)c(OC)c(C)c2C(=O)OCC=C)n1. The van der Waals surface area contributed by atoms with Crippen LogP contribution in [0.1, 0.15) is 94.6 Å². The molecule has 0 bridgehead atoms. The first-order chi connectivity index (χ1) is 23.8. The summed E-state index contributed by atoms with van der Waals surface area (Å²) in [5.41, 5.74) is 8.14. The molecule has 3 unspecified atom stereocenters. The van der Waals surface area contributed by atoms with Gasteiger partial charge in [-0.25, -0.2) is 9.59 Å². The largest absolute Gasteiger partial charge is 0.543 e. The molecule has 3 atom stereocenters. The van der Waals surface area contributed by atoms with E-state index in [2.05, 4.69) is 97.1 Å². The lowest BCUT2D eigenvalue weighted by atomic mass is 9.99. The van der Waals surface area contributed by atoms with Crippen LogP contribution in [0.15, 0.2) is 29.8 Å². The van der Waals surface area contributed by atoms with Crippen molar-refractivity contribution in [1.29, 1.82) is 0 Å². The molecule has 15 heteroatoms. The van der Waals surface area contributed by atoms with Gasteiger partial charge in [0.2, 0.25) is 24.0 Å². The Labute approximate surface area is 312 Å². The van der Waals surface area contributed by atoms with Gasteiger partial charge in [-0.2, -0.15) is 16.7 Å². The van der Waals surface area contributed by atoms with E-state index in [1.165, 1.54) is 23.9 Å². The quantitative estimate of drug-likeness (QED) is 0.0738. The molecule has 0 saturated heterocycles. The normalized spacial score (nSPS) is 13.7. The Morgan fingerprint density at radius 2 is 1.51 bits per heavy atom. The Morgan fingerprint density at radius 3 is 2.04 bits per heavy atom. The Hall–Kier alpha value is -3.28. The molecule has 12 nitrogen and oxygen atoms in total. The molecule has 0 saturated carbocycles. The predicted molar refractivity (Wildman–Crippen MR) is 209 cm³/mol. The average Bonchev–Trinajstić information content (AvgIpc) is 3.55. The van der Waals surface area contributed by atoms with Crippen molar-refractivity contribution in [1.82, 2.24) is 15.5 Å². The molecule has 0 aliphatic carbocycles. The van der Waals surface area contributed by atoms with Crippen molar-refractivity contribution >= 4 is 41.9 Å². The van der Waals surface area contributed by atoms with Crippen molar-refractivity contribution in [2.24, 2.45) is 17.6 Å². The molecule has 2 aromatic rings. The Bertz CT molecular complexity index is 1500. The fraction of sp³-hybridized carbons (Fsp3) is 0.611. The number of ether oxygens (including phenoxy) is 3. The second kappa shape index (κ2) is 19.5. The van der Waals surface area contributed by atoms with Crippen LogP contribution in [0.3, 0.4) is 0 Å². The molecule has 0 aliphatic rings. The minimum atomic E-state index is -2.00. The number of carbonyl (C=O) groups excluding carboxylic acids is 2. The number of thioether (sulfide) groups is 1. The van der Waals surface area contributed by atoms with Crippen LogP contribution in [0.5, 0.6) is 17.2 Å².